The molecular weight excluding hydrogens is 803 g/mol. The molecule has 0 saturated carbocycles. The molecule has 0 aromatic heterocycles. The van der Waals surface area contributed by atoms with Crippen LogP contribution in [0.15, 0.2) is 139 Å². The van der Waals surface area contributed by atoms with E-state index in [0.717, 1.165) is 19.3 Å². The quantitative estimate of drug-likeness (QED) is 0.148. The van der Waals surface area contributed by atoms with Crippen LogP contribution < -0.4 is 35.2 Å². The predicted octanol–water partition coefficient (Wildman–Crippen LogP) is 5.73. The van der Waals surface area contributed by atoms with Crippen LogP contribution in [0, 0.1) is 6.07 Å². The van der Waals surface area contributed by atoms with Crippen molar-refractivity contribution in [2.45, 2.75) is 84.5 Å². The van der Waals surface area contributed by atoms with Gasteiger partial charge in [-0.2, -0.15) is 17.7 Å². The minimum absolute atomic E-state index is 0. The molecule has 278 valence electrons. The van der Waals surface area contributed by atoms with Crippen molar-refractivity contribution in [3.63, 3.8) is 0 Å². The van der Waals surface area contributed by atoms with Crippen LogP contribution in [-0.4, -0.2) is 9.52 Å². The largest absolute Gasteiger partial charge is 3.00 e. The van der Waals surface area contributed by atoms with Crippen molar-refractivity contribution in [3.8, 4) is 22.3 Å². The summed E-state index contributed by atoms with van der Waals surface area (Å²) in [6.45, 7) is 16.2. The zero-order valence-electron chi connectivity index (χ0n) is 33.3. The molecule has 4 heteroatoms. The molecule has 0 fully saturated rings. The molecule has 0 aliphatic heterocycles. The fraction of sp³-hybridized carbons (Fsp3) is 0.255. The Bertz CT molecular complexity index is 2170. The molecule has 55 heavy (non-hydrogen) atoms. The molecule has 8 rings (SSSR count). The second-order valence-corrected chi connectivity index (χ2v) is 18.2. The van der Waals surface area contributed by atoms with Crippen molar-refractivity contribution in [1.29, 1.82) is 0 Å². The summed E-state index contributed by atoms with van der Waals surface area (Å²) in [5.41, 5.74) is 17.1. The molecule has 6 aromatic rings. The van der Waals surface area contributed by atoms with Crippen LogP contribution in [0.4, 0.5) is 0 Å². The van der Waals surface area contributed by atoms with Gasteiger partial charge in [0, 0.05) is 5.92 Å². The van der Waals surface area contributed by atoms with Gasteiger partial charge in [0.1, 0.15) is 9.52 Å². The number of rotatable bonds is 6. The van der Waals surface area contributed by atoms with E-state index in [-0.39, 0.29) is 77.3 Å². The maximum atomic E-state index is 4.05. The number of benzene rings is 6. The van der Waals surface area contributed by atoms with Crippen molar-refractivity contribution in [2.75, 3.05) is 0 Å². The Kier molecular flexibility index (Phi) is 15.2. The number of hydrogen-bond acceptors (Lipinski definition) is 0. The first kappa shape index (κ1) is 44.5. The molecular formula is C51H52Cl2SiZr. The summed E-state index contributed by atoms with van der Waals surface area (Å²) >= 11 is 0. The standard InChI is InChI=1S/C39H41.C12H11Si.2ClH.Zr/c1-8-13-27-21-33-30(25-14-10-9-11-15-25)16-12-17-31(33)37(27)36-24-29(39(5,6)7)23-35-32-22-28(38(2,3)4)19-18-26(32)20-34(35)36;1-3-7-11(8-4-1)13-12-9-5-2-6-10-12;;;/h9-12,14-19,21-23,37H,8,13,20H2,1-7H3;1-10,13H;2*1H;/q-1;;;;+3/p-2. The van der Waals surface area contributed by atoms with Crippen molar-refractivity contribution >= 4 is 26.0 Å². The summed E-state index contributed by atoms with van der Waals surface area (Å²) in [4.78, 5) is 0. The fourth-order valence-corrected chi connectivity index (χ4v) is 9.04. The molecule has 0 nitrogen and oxygen atoms in total. The maximum absolute atomic E-state index is 4.05. The maximum Gasteiger partial charge on any atom is 3.00 e. The van der Waals surface area contributed by atoms with Gasteiger partial charge < -0.3 is 24.8 Å². The predicted molar refractivity (Wildman–Crippen MR) is 227 cm³/mol. The van der Waals surface area contributed by atoms with Crippen LogP contribution in [0.2, 0.25) is 0 Å². The van der Waals surface area contributed by atoms with E-state index in [1.54, 1.807) is 0 Å². The van der Waals surface area contributed by atoms with Crippen molar-refractivity contribution < 1.29 is 51.0 Å². The molecule has 2 aliphatic carbocycles. The molecule has 0 saturated heterocycles. The number of halogens is 2. The van der Waals surface area contributed by atoms with Crippen LogP contribution in [0.3, 0.4) is 0 Å². The molecule has 0 bridgehead atoms. The van der Waals surface area contributed by atoms with Gasteiger partial charge in [0.25, 0.3) is 0 Å². The van der Waals surface area contributed by atoms with Gasteiger partial charge in [0.15, 0.2) is 0 Å². The van der Waals surface area contributed by atoms with Gasteiger partial charge in [0.2, 0.25) is 0 Å². The summed E-state index contributed by atoms with van der Waals surface area (Å²) in [7, 11) is 0.271. The van der Waals surface area contributed by atoms with Crippen molar-refractivity contribution in [2.24, 2.45) is 0 Å². The van der Waals surface area contributed by atoms with Crippen LogP contribution in [0.25, 0.3) is 28.3 Å². The van der Waals surface area contributed by atoms with Gasteiger partial charge >= 0.3 is 26.2 Å². The van der Waals surface area contributed by atoms with E-state index < -0.39 is 0 Å². The molecule has 2 radical (unpaired) electrons. The minimum Gasteiger partial charge on any atom is -1.00 e. The average Bonchev–Trinajstić information content (AvgIpc) is 3.70. The summed E-state index contributed by atoms with van der Waals surface area (Å²) in [6, 6.07) is 52.8. The molecule has 6 aromatic carbocycles. The summed E-state index contributed by atoms with van der Waals surface area (Å²) in [5, 5.41) is 2.90. The van der Waals surface area contributed by atoms with Crippen LogP contribution in [0.1, 0.15) is 106 Å². The Morgan fingerprint density at radius 2 is 1.24 bits per heavy atom. The third kappa shape index (κ3) is 9.83. The van der Waals surface area contributed by atoms with Gasteiger partial charge in [-0.05, 0) is 62.6 Å². The molecule has 0 N–H and O–H groups in total. The van der Waals surface area contributed by atoms with Gasteiger partial charge in [-0.25, -0.2) is 0 Å². The Morgan fingerprint density at radius 3 is 1.80 bits per heavy atom. The SMILES string of the molecule is CCCC1=Cc2c(-c3ccccc3)cccc2C1c1[c-]c(C(C)(C)C)cc2c1Cc1ccc(C(C)(C)C)cc1-2.[Cl-].[Cl-].[Zr+3].c1ccc([SiH]c2ccccc2)cc1. The molecule has 1 atom stereocenters. The van der Waals surface area contributed by atoms with Gasteiger partial charge in [-0.3, -0.25) is 0 Å². The summed E-state index contributed by atoms with van der Waals surface area (Å²) in [6.07, 6.45) is 5.76. The summed E-state index contributed by atoms with van der Waals surface area (Å²) in [5.74, 6) is 0.260. The van der Waals surface area contributed by atoms with E-state index in [9.17, 15) is 0 Å². The van der Waals surface area contributed by atoms with Crippen LogP contribution in [-0.2, 0) is 43.5 Å². The first-order chi connectivity index (χ1) is 25.0. The van der Waals surface area contributed by atoms with E-state index in [2.05, 4.69) is 194 Å². The molecule has 0 amide bonds. The molecule has 1 unspecified atom stereocenters. The normalized spacial score (nSPS) is 13.7. The van der Waals surface area contributed by atoms with Crippen LogP contribution in [0.5, 0.6) is 0 Å². The second kappa shape index (κ2) is 18.8. The zero-order valence-corrected chi connectivity index (χ0v) is 38.4. The average molecular weight is 855 g/mol. The van der Waals surface area contributed by atoms with E-state index in [1.807, 2.05) is 0 Å². The van der Waals surface area contributed by atoms with E-state index in [1.165, 1.54) is 77.1 Å². The Morgan fingerprint density at radius 1 is 0.636 bits per heavy atom. The number of allylic oxidation sites excluding steroid dienone is 1. The topological polar surface area (TPSA) is 0 Å². The Balaban J connectivity index is 0.000000358. The van der Waals surface area contributed by atoms with Gasteiger partial charge in [0.05, 0.1) is 0 Å². The second-order valence-electron chi connectivity index (χ2n) is 16.6. The van der Waals surface area contributed by atoms with Crippen molar-refractivity contribution in [3.05, 3.63) is 184 Å². The Labute approximate surface area is 365 Å². The van der Waals surface area contributed by atoms with E-state index in [4.69, 9.17) is 0 Å². The third-order valence-electron chi connectivity index (χ3n) is 10.6. The van der Waals surface area contributed by atoms with Gasteiger partial charge in [-0.15, -0.1) is 16.7 Å². The first-order valence-electron chi connectivity index (χ1n) is 19.1. The van der Waals surface area contributed by atoms with E-state index >= 15 is 0 Å². The zero-order chi connectivity index (χ0) is 36.5. The molecule has 2 aliphatic rings. The monoisotopic (exact) mass is 852 g/mol. The minimum atomic E-state index is 0. The smallest absolute Gasteiger partial charge is 1.00 e. The number of fused-ring (bicyclic) bond motifs is 4. The molecule has 0 heterocycles. The molecule has 0 spiro atoms. The third-order valence-corrected chi connectivity index (χ3v) is 12.1. The summed E-state index contributed by atoms with van der Waals surface area (Å²) < 4.78 is 0. The van der Waals surface area contributed by atoms with E-state index in [0.29, 0.717) is 0 Å². The van der Waals surface area contributed by atoms with Gasteiger partial charge in [-0.1, -0.05) is 204 Å². The first-order valence-corrected chi connectivity index (χ1v) is 20.2. The fourth-order valence-electron chi connectivity index (χ4n) is 7.82. The van der Waals surface area contributed by atoms with Crippen LogP contribution >= 0.6 is 0 Å². The van der Waals surface area contributed by atoms with Crippen molar-refractivity contribution in [1.82, 2.24) is 0 Å². The Hall–Kier alpha value is -3.26. The number of hydrogen-bond donors (Lipinski definition) is 0.